The zero-order valence-electron chi connectivity index (χ0n) is 14.6. The second-order valence-corrected chi connectivity index (χ2v) is 6.25. The van der Waals surface area contributed by atoms with Gasteiger partial charge >= 0.3 is 0 Å². The van der Waals surface area contributed by atoms with E-state index in [2.05, 4.69) is 33.8 Å². The first-order valence-electron chi connectivity index (χ1n) is 8.87. The van der Waals surface area contributed by atoms with Crippen molar-refractivity contribution in [2.75, 3.05) is 6.61 Å². The van der Waals surface area contributed by atoms with Crippen LogP contribution in [0.25, 0.3) is 0 Å². The first-order valence-corrected chi connectivity index (χ1v) is 8.87. The standard InChI is InChI=1S/C20H28N2O2/c1-18(23)10-6-3-2-4-9-15-24-20(16-22-14-13-21-17-22)19-11-7-5-8-12-19/h5,7-8,11-14,17,20H,2-4,6,9-10,15-16H2,1H3. The molecule has 4 heteroatoms. The topological polar surface area (TPSA) is 44.1 Å². The van der Waals surface area contributed by atoms with Crippen molar-refractivity contribution >= 4 is 5.78 Å². The van der Waals surface area contributed by atoms with Gasteiger partial charge in [0, 0.05) is 25.4 Å². The predicted molar refractivity (Wildman–Crippen MR) is 95.7 cm³/mol. The highest BCUT2D eigenvalue weighted by atomic mass is 16.5. The van der Waals surface area contributed by atoms with Gasteiger partial charge in [0.2, 0.25) is 0 Å². The van der Waals surface area contributed by atoms with E-state index >= 15 is 0 Å². The number of ether oxygens (including phenoxy) is 1. The number of hydrogen-bond donors (Lipinski definition) is 0. The Balaban J connectivity index is 1.70. The van der Waals surface area contributed by atoms with Gasteiger partial charge in [-0.25, -0.2) is 4.98 Å². The summed E-state index contributed by atoms with van der Waals surface area (Å²) in [4.78, 5) is 15.0. The van der Waals surface area contributed by atoms with Crippen molar-refractivity contribution in [1.29, 1.82) is 0 Å². The smallest absolute Gasteiger partial charge is 0.129 e. The summed E-state index contributed by atoms with van der Waals surface area (Å²) in [5.74, 6) is 0.295. The normalized spacial score (nSPS) is 12.2. The molecule has 1 aromatic heterocycles. The van der Waals surface area contributed by atoms with Crippen molar-refractivity contribution in [2.45, 2.75) is 58.1 Å². The molecule has 0 aliphatic rings. The van der Waals surface area contributed by atoms with E-state index in [1.165, 1.54) is 12.0 Å². The number of benzene rings is 1. The molecule has 130 valence electrons. The summed E-state index contributed by atoms with van der Waals surface area (Å²) in [6, 6.07) is 10.4. The van der Waals surface area contributed by atoms with E-state index in [1.54, 1.807) is 13.1 Å². The number of imidazole rings is 1. The molecule has 0 amide bonds. The molecule has 24 heavy (non-hydrogen) atoms. The van der Waals surface area contributed by atoms with Crippen LogP contribution >= 0.6 is 0 Å². The number of ketones is 1. The summed E-state index contributed by atoms with van der Waals surface area (Å²) >= 11 is 0. The van der Waals surface area contributed by atoms with Crippen LogP contribution in [0.5, 0.6) is 0 Å². The Kier molecular flexibility index (Phi) is 8.25. The summed E-state index contributed by atoms with van der Waals surface area (Å²) in [6.07, 6.45) is 11.9. The molecule has 4 nitrogen and oxygen atoms in total. The van der Waals surface area contributed by atoms with Crippen LogP contribution in [0.15, 0.2) is 49.1 Å². The Bertz CT molecular complexity index is 567. The third-order valence-corrected chi connectivity index (χ3v) is 4.10. The van der Waals surface area contributed by atoms with Gasteiger partial charge in [0.05, 0.1) is 12.9 Å². The minimum Gasteiger partial charge on any atom is -0.372 e. The van der Waals surface area contributed by atoms with E-state index in [4.69, 9.17) is 4.74 Å². The number of nitrogens with zero attached hydrogens (tertiary/aromatic N) is 2. The molecule has 1 atom stereocenters. The van der Waals surface area contributed by atoms with Crippen LogP contribution in [-0.4, -0.2) is 21.9 Å². The third-order valence-electron chi connectivity index (χ3n) is 4.10. The fraction of sp³-hybridized carbons (Fsp3) is 0.500. The van der Waals surface area contributed by atoms with Gasteiger partial charge in [-0.3, -0.25) is 0 Å². The Morgan fingerprint density at radius 3 is 2.58 bits per heavy atom. The van der Waals surface area contributed by atoms with Crippen molar-refractivity contribution < 1.29 is 9.53 Å². The zero-order valence-corrected chi connectivity index (χ0v) is 14.6. The molecule has 1 aromatic carbocycles. The largest absolute Gasteiger partial charge is 0.372 e. The van der Waals surface area contributed by atoms with Gasteiger partial charge in [-0.1, -0.05) is 49.6 Å². The SMILES string of the molecule is CC(=O)CCCCCCCOC(Cn1ccnc1)c1ccccc1. The van der Waals surface area contributed by atoms with Gasteiger partial charge in [0.1, 0.15) is 11.9 Å². The number of Topliss-reactive ketones (excluding diaryl/α,β-unsaturated/α-hetero) is 1. The lowest BCUT2D eigenvalue weighted by Gasteiger charge is -2.19. The lowest BCUT2D eigenvalue weighted by molar-refractivity contribution is -0.117. The summed E-state index contributed by atoms with van der Waals surface area (Å²) in [5.41, 5.74) is 1.20. The number of rotatable bonds is 12. The number of unbranched alkanes of at least 4 members (excludes halogenated alkanes) is 4. The molecule has 0 spiro atoms. The molecule has 0 saturated carbocycles. The fourth-order valence-electron chi connectivity index (χ4n) is 2.74. The molecule has 0 aliphatic carbocycles. The van der Waals surface area contributed by atoms with Crippen LogP contribution in [0.1, 0.15) is 57.1 Å². The molecule has 0 aliphatic heterocycles. The van der Waals surface area contributed by atoms with Crippen molar-refractivity contribution in [3.63, 3.8) is 0 Å². The highest BCUT2D eigenvalue weighted by molar-refractivity contribution is 5.75. The first-order chi connectivity index (χ1) is 11.8. The van der Waals surface area contributed by atoms with Gasteiger partial charge in [0.25, 0.3) is 0 Å². The van der Waals surface area contributed by atoms with E-state index in [-0.39, 0.29) is 6.10 Å². The number of aromatic nitrogens is 2. The van der Waals surface area contributed by atoms with Crippen molar-refractivity contribution in [2.24, 2.45) is 0 Å². The average molecular weight is 328 g/mol. The van der Waals surface area contributed by atoms with Crippen molar-refractivity contribution in [3.05, 3.63) is 54.6 Å². The zero-order chi connectivity index (χ0) is 17.0. The lowest BCUT2D eigenvalue weighted by Crippen LogP contribution is -2.12. The van der Waals surface area contributed by atoms with E-state index in [0.717, 1.165) is 45.3 Å². The van der Waals surface area contributed by atoms with Crippen LogP contribution in [0.4, 0.5) is 0 Å². The minimum absolute atomic E-state index is 0.0538. The highest BCUT2D eigenvalue weighted by Crippen LogP contribution is 2.20. The molecule has 0 bridgehead atoms. The van der Waals surface area contributed by atoms with Crippen LogP contribution < -0.4 is 0 Å². The third kappa shape index (κ3) is 7.09. The van der Waals surface area contributed by atoms with Crippen LogP contribution in [0.2, 0.25) is 0 Å². The Hall–Kier alpha value is -1.94. The molecule has 0 fully saturated rings. The Morgan fingerprint density at radius 1 is 1.12 bits per heavy atom. The summed E-state index contributed by atoms with van der Waals surface area (Å²) in [7, 11) is 0. The quantitative estimate of drug-likeness (QED) is 0.536. The maximum absolute atomic E-state index is 10.9. The molecule has 1 unspecified atom stereocenters. The first kappa shape index (κ1) is 18.4. The monoisotopic (exact) mass is 328 g/mol. The van der Waals surface area contributed by atoms with Crippen molar-refractivity contribution in [1.82, 2.24) is 9.55 Å². The minimum atomic E-state index is 0.0538. The molecular weight excluding hydrogens is 300 g/mol. The molecule has 0 radical (unpaired) electrons. The van der Waals surface area contributed by atoms with Gasteiger partial charge in [-0.05, 0) is 25.3 Å². The van der Waals surface area contributed by atoms with Gasteiger partial charge in [-0.15, -0.1) is 0 Å². The van der Waals surface area contributed by atoms with Gasteiger partial charge in [0.15, 0.2) is 0 Å². The molecule has 0 N–H and O–H groups in total. The van der Waals surface area contributed by atoms with E-state index < -0.39 is 0 Å². The molecule has 0 saturated heterocycles. The summed E-state index contributed by atoms with van der Waals surface area (Å²) in [6.45, 7) is 3.21. The van der Waals surface area contributed by atoms with Crippen LogP contribution in [0, 0.1) is 0 Å². The molecular formula is C20H28N2O2. The van der Waals surface area contributed by atoms with E-state index in [9.17, 15) is 4.79 Å². The molecule has 2 rings (SSSR count). The van der Waals surface area contributed by atoms with E-state index in [0.29, 0.717) is 5.78 Å². The maximum Gasteiger partial charge on any atom is 0.129 e. The second-order valence-electron chi connectivity index (χ2n) is 6.25. The summed E-state index contributed by atoms with van der Waals surface area (Å²) in [5, 5.41) is 0. The van der Waals surface area contributed by atoms with E-state index in [1.807, 2.05) is 18.6 Å². The van der Waals surface area contributed by atoms with Crippen LogP contribution in [0.3, 0.4) is 0 Å². The van der Waals surface area contributed by atoms with Gasteiger partial charge < -0.3 is 14.1 Å². The van der Waals surface area contributed by atoms with Crippen molar-refractivity contribution in [3.8, 4) is 0 Å². The Morgan fingerprint density at radius 2 is 1.88 bits per heavy atom. The number of hydrogen-bond acceptors (Lipinski definition) is 3. The number of carbonyl (C=O) groups is 1. The molecule has 1 heterocycles. The maximum atomic E-state index is 10.9. The lowest BCUT2D eigenvalue weighted by atomic mass is 10.1. The highest BCUT2D eigenvalue weighted by Gasteiger charge is 2.12. The predicted octanol–water partition coefficient (Wildman–Crippen LogP) is 4.57. The second kappa shape index (κ2) is 10.8. The average Bonchev–Trinajstić information content (AvgIpc) is 3.10. The summed E-state index contributed by atoms with van der Waals surface area (Å²) < 4.78 is 8.20. The molecule has 2 aromatic rings. The van der Waals surface area contributed by atoms with Crippen LogP contribution in [-0.2, 0) is 16.1 Å². The fourth-order valence-corrected chi connectivity index (χ4v) is 2.74. The van der Waals surface area contributed by atoms with Gasteiger partial charge in [-0.2, -0.15) is 0 Å². The number of carbonyl (C=O) groups excluding carboxylic acids is 1. The Labute approximate surface area is 144 Å².